The number of allylic oxidation sites excluding steroid dienone is 1. The summed E-state index contributed by atoms with van der Waals surface area (Å²) in [7, 11) is 0. The van der Waals surface area contributed by atoms with Crippen LogP contribution in [0.4, 0.5) is 11.4 Å². The van der Waals surface area contributed by atoms with Crippen molar-refractivity contribution in [3.05, 3.63) is 102 Å². The SMILES string of the molecule is CCN(CC)c1ccc(-c2ccc3c(c2)C(=C(C#N)C#N)c2cc(-c4ccc(N(CC)CC)cc4)ccc2-3)cc1. The maximum absolute atomic E-state index is 9.93. The molecule has 0 unspecified atom stereocenters. The lowest BCUT2D eigenvalue weighted by molar-refractivity contribution is 0.866. The molecule has 5 rings (SSSR count). The molecule has 0 bridgehead atoms. The summed E-state index contributed by atoms with van der Waals surface area (Å²) in [6, 6.07) is 34.4. The number of hydrogen-bond acceptors (Lipinski definition) is 4. The second kappa shape index (κ2) is 11.5. The third-order valence-electron chi connectivity index (χ3n) is 8.00. The van der Waals surface area contributed by atoms with Crippen LogP contribution in [0.3, 0.4) is 0 Å². The van der Waals surface area contributed by atoms with E-state index in [4.69, 9.17) is 0 Å². The van der Waals surface area contributed by atoms with Crippen molar-refractivity contribution in [1.82, 2.24) is 0 Å². The lowest BCUT2D eigenvalue weighted by Crippen LogP contribution is -2.21. The molecule has 0 radical (unpaired) electrons. The molecule has 0 heterocycles. The molecule has 0 spiro atoms. The number of anilines is 2. The van der Waals surface area contributed by atoms with Crippen LogP contribution in [0.2, 0.25) is 0 Å². The van der Waals surface area contributed by atoms with Crippen LogP contribution in [0.25, 0.3) is 39.0 Å². The number of nitrogens with zero attached hydrogens (tertiary/aromatic N) is 4. The summed E-state index contributed by atoms with van der Waals surface area (Å²) in [6.45, 7) is 12.5. The van der Waals surface area contributed by atoms with E-state index in [1.165, 1.54) is 11.4 Å². The smallest absolute Gasteiger partial charge is 0.138 e. The summed E-state index contributed by atoms with van der Waals surface area (Å²) in [5.74, 6) is 0. The van der Waals surface area contributed by atoms with Crippen LogP contribution in [-0.2, 0) is 0 Å². The predicted octanol–water partition coefficient (Wildman–Crippen LogP) is 8.54. The quantitative estimate of drug-likeness (QED) is 0.192. The zero-order valence-electron chi connectivity index (χ0n) is 23.7. The van der Waals surface area contributed by atoms with Crippen molar-refractivity contribution in [2.75, 3.05) is 36.0 Å². The van der Waals surface area contributed by atoms with Crippen LogP contribution in [-0.4, -0.2) is 26.2 Å². The molecule has 4 aromatic rings. The third-order valence-corrected chi connectivity index (χ3v) is 8.00. The Balaban J connectivity index is 1.57. The van der Waals surface area contributed by atoms with Crippen molar-refractivity contribution in [3.8, 4) is 45.5 Å². The average molecular weight is 523 g/mol. The van der Waals surface area contributed by atoms with Crippen LogP contribution in [0, 0.1) is 22.7 Å². The number of fused-ring (bicyclic) bond motifs is 3. The molecule has 0 N–H and O–H groups in total. The first-order valence-corrected chi connectivity index (χ1v) is 14.1. The highest BCUT2D eigenvalue weighted by atomic mass is 15.1. The first-order chi connectivity index (χ1) is 19.6. The molecule has 4 aromatic carbocycles. The molecule has 1 aliphatic carbocycles. The standard InChI is InChI=1S/C36H34N4/c1-5-39(6-2)30-15-9-25(10-16-30)27-13-19-32-33-20-14-28(26-11-17-31(18-12-26)40(7-3)8-4)22-35(33)36(34(32)21-27)29(23-37)24-38/h9-22H,5-8H2,1-4H3. The van der Waals surface area contributed by atoms with Crippen molar-refractivity contribution >= 4 is 16.9 Å². The molecule has 0 atom stereocenters. The van der Waals surface area contributed by atoms with Gasteiger partial charge in [-0.3, -0.25) is 0 Å². The molecule has 0 saturated heterocycles. The molecule has 4 nitrogen and oxygen atoms in total. The van der Waals surface area contributed by atoms with Crippen LogP contribution >= 0.6 is 0 Å². The Morgan fingerprint density at radius 1 is 0.500 bits per heavy atom. The molecule has 0 saturated carbocycles. The fourth-order valence-electron chi connectivity index (χ4n) is 5.79. The third kappa shape index (κ3) is 4.74. The molecule has 0 fully saturated rings. The maximum Gasteiger partial charge on any atom is 0.138 e. The van der Waals surface area contributed by atoms with Gasteiger partial charge in [0.2, 0.25) is 0 Å². The Kier molecular flexibility index (Phi) is 7.72. The Morgan fingerprint density at radius 2 is 0.850 bits per heavy atom. The first kappa shape index (κ1) is 26.8. The van der Waals surface area contributed by atoms with Crippen LogP contribution in [0.15, 0.2) is 90.5 Å². The zero-order chi connectivity index (χ0) is 28.2. The van der Waals surface area contributed by atoms with Gasteiger partial charge in [0.1, 0.15) is 17.7 Å². The van der Waals surface area contributed by atoms with Crippen LogP contribution in [0.1, 0.15) is 38.8 Å². The van der Waals surface area contributed by atoms with E-state index < -0.39 is 0 Å². The summed E-state index contributed by atoms with van der Waals surface area (Å²) in [5.41, 5.74) is 11.6. The Labute approximate surface area is 238 Å². The van der Waals surface area contributed by atoms with Crippen molar-refractivity contribution in [3.63, 3.8) is 0 Å². The highest BCUT2D eigenvalue weighted by Crippen LogP contribution is 2.48. The van der Waals surface area contributed by atoms with E-state index in [2.05, 4.69) is 135 Å². The molecule has 0 amide bonds. The van der Waals surface area contributed by atoms with E-state index in [9.17, 15) is 10.5 Å². The fraction of sp³-hybridized carbons (Fsp3) is 0.222. The van der Waals surface area contributed by atoms with Gasteiger partial charge in [-0.1, -0.05) is 48.5 Å². The summed E-state index contributed by atoms with van der Waals surface area (Å²) >= 11 is 0. The Hall–Kier alpha value is -4.80. The minimum atomic E-state index is 0.142. The van der Waals surface area contributed by atoms with Gasteiger partial charge in [0.05, 0.1) is 0 Å². The van der Waals surface area contributed by atoms with Gasteiger partial charge in [-0.05, 0) is 109 Å². The van der Waals surface area contributed by atoms with E-state index in [1.807, 2.05) is 0 Å². The lowest BCUT2D eigenvalue weighted by Gasteiger charge is -2.21. The molecule has 1 aliphatic rings. The number of benzene rings is 4. The summed E-state index contributed by atoms with van der Waals surface area (Å²) in [6.07, 6.45) is 0. The number of hydrogen-bond donors (Lipinski definition) is 0. The molecule has 4 heteroatoms. The minimum Gasteiger partial charge on any atom is -0.372 e. The van der Waals surface area contributed by atoms with Crippen LogP contribution < -0.4 is 9.80 Å². The summed E-state index contributed by atoms with van der Waals surface area (Å²) < 4.78 is 0. The minimum absolute atomic E-state index is 0.142. The molecule has 40 heavy (non-hydrogen) atoms. The number of rotatable bonds is 8. The monoisotopic (exact) mass is 522 g/mol. The normalized spacial score (nSPS) is 11.3. The molecule has 0 aromatic heterocycles. The molecular formula is C36H34N4. The molecule has 0 aliphatic heterocycles. The van der Waals surface area contributed by atoms with Crippen molar-refractivity contribution in [1.29, 1.82) is 10.5 Å². The van der Waals surface area contributed by atoms with Gasteiger partial charge < -0.3 is 9.80 Å². The van der Waals surface area contributed by atoms with E-state index in [1.54, 1.807) is 0 Å². The topological polar surface area (TPSA) is 54.1 Å². The highest BCUT2D eigenvalue weighted by Gasteiger charge is 2.27. The van der Waals surface area contributed by atoms with Crippen molar-refractivity contribution in [2.24, 2.45) is 0 Å². The van der Waals surface area contributed by atoms with Crippen molar-refractivity contribution < 1.29 is 0 Å². The first-order valence-electron chi connectivity index (χ1n) is 14.1. The second-order valence-corrected chi connectivity index (χ2v) is 9.93. The van der Waals surface area contributed by atoms with Crippen LogP contribution in [0.5, 0.6) is 0 Å². The van der Waals surface area contributed by atoms with Gasteiger partial charge in [-0.15, -0.1) is 0 Å². The van der Waals surface area contributed by atoms with Crippen molar-refractivity contribution in [2.45, 2.75) is 27.7 Å². The Morgan fingerprint density at radius 3 is 1.18 bits per heavy atom. The second-order valence-electron chi connectivity index (χ2n) is 9.93. The average Bonchev–Trinajstić information content (AvgIpc) is 3.33. The largest absolute Gasteiger partial charge is 0.372 e. The maximum atomic E-state index is 9.93. The highest BCUT2D eigenvalue weighted by molar-refractivity contribution is 6.05. The molecular weight excluding hydrogens is 488 g/mol. The van der Waals surface area contributed by atoms with Gasteiger partial charge in [-0.25, -0.2) is 0 Å². The fourth-order valence-corrected chi connectivity index (χ4v) is 5.79. The van der Waals surface area contributed by atoms with Gasteiger partial charge in [0, 0.05) is 43.1 Å². The summed E-state index contributed by atoms with van der Waals surface area (Å²) in [5, 5.41) is 19.9. The van der Waals surface area contributed by atoms with Gasteiger partial charge in [0.25, 0.3) is 0 Å². The van der Waals surface area contributed by atoms with E-state index in [-0.39, 0.29) is 5.57 Å². The molecule has 198 valence electrons. The summed E-state index contributed by atoms with van der Waals surface area (Å²) in [4.78, 5) is 4.65. The van der Waals surface area contributed by atoms with Gasteiger partial charge in [0.15, 0.2) is 0 Å². The van der Waals surface area contributed by atoms with E-state index in [0.29, 0.717) is 0 Å². The Bertz CT molecular complexity index is 1520. The number of nitriles is 2. The van der Waals surface area contributed by atoms with E-state index >= 15 is 0 Å². The van der Waals surface area contributed by atoms with Gasteiger partial charge >= 0.3 is 0 Å². The predicted molar refractivity (Wildman–Crippen MR) is 167 cm³/mol. The van der Waals surface area contributed by atoms with E-state index in [0.717, 1.165) is 76.3 Å². The lowest BCUT2D eigenvalue weighted by atomic mass is 9.94. The van der Waals surface area contributed by atoms with Gasteiger partial charge in [-0.2, -0.15) is 10.5 Å². The zero-order valence-corrected chi connectivity index (χ0v) is 23.7.